The van der Waals surface area contributed by atoms with Crippen LogP contribution in [0.2, 0.25) is 0 Å². The first-order valence-corrected chi connectivity index (χ1v) is 9.75. The SMILES string of the molecule is CNC(=O)c1cccc(NC(=O)CN2CCCC(C(=O)Nc3ccccc3)C2)c1. The minimum Gasteiger partial charge on any atom is -0.355 e. The van der Waals surface area contributed by atoms with Crippen molar-refractivity contribution < 1.29 is 14.4 Å². The third kappa shape index (κ3) is 5.89. The van der Waals surface area contributed by atoms with Gasteiger partial charge in [0.1, 0.15) is 0 Å². The van der Waals surface area contributed by atoms with Gasteiger partial charge in [-0.05, 0) is 49.7 Å². The quantitative estimate of drug-likeness (QED) is 0.701. The van der Waals surface area contributed by atoms with Crippen molar-refractivity contribution in [3.63, 3.8) is 0 Å². The molecule has 7 heteroatoms. The van der Waals surface area contributed by atoms with E-state index in [-0.39, 0.29) is 30.2 Å². The Morgan fingerprint density at radius 3 is 2.52 bits per heavy atom. The van der Waals surface area contributed by atoms with Gasteiger partial charge in [-0.3, -0.25) is 19.3 Å². The van der Waals surface area contributed by atoms with Crippen LogP contribution in [0.5, 0.6) is 0 Å². The van der Waals surface area contributed by atoms with E-state index in [0.717, 1.165) is 25.1 Å². The number of carbonyl (C=O) groups is 3. The first-order chi connectivity index (χ1) is 14.0. The molecular weight excluding hydrogens is 368 g/mol. The van der Waals surface area contributed by atoms with Gasteiger partial charge in [-0.15, -0.1) is 0 Å². The van der Waals surface area contributed by atoms with Crippen molar-refractivity contribution in [3.05, 3.63) is 60.2 Å². The maximum atomic E-state index is 12.5. The molecule has 1 fully saturated rings. The van der Waals surface area contributed by atoms with Gasteiger partial charge in [0.15, 0.2) is 0 Å². The topological polar surface area (TPSA) is 90.5 Å². The zero-order valence-corrected chi connectivity index (χ0v) is 16.5. The van der Waals surface area contributed by atoms with Crippen LogP contribution in [0, 0.1) is 5.92 Å². The van der Waals surface area contributed by atoms with Gasteiger partial charge >= 0.3 is 0 Å². The Labute approximate surface area is 170 Å². The van der Waals surface area contributed by atoms with Gasteiger partial charge in [-0.25, -0.2) is 0 Å². The Morgan fingerprint density at radius 1 is 1.00 bits per heavy atom. The Morgan fingerprint density at radius 2 is 1.76 bits per heavy atom. The molecule has 1 heterocycles. The van der Waals surface area contributed by atoms with Gasteiger partial charge in [-0.2, -0.15) is 0 Å². The lowest BCUT2D eigenvalue weighted by atomic mass is 9.97. The van der Waals surface area contributed by atoms with Crippen molar-refractivity contribution in [2.75, 3.05) is 37.3 Å². The van der Waals surface area contributed by atoms with Crippen molar-refractivity contribution in [1.82, 2.24) is 10.2 Å². The lowest BCUT2D eigenvalue weighted by Gasteiger charge is -2.31. The Bertz CT molecular complexity index is 869. The third-order valence-corrected chi connectivity index (χ3v) is 4.92. The monoisotopic (exact) mass is 394 g/mol. The summed E-state index contributed by atoms with van der Waals surface area (Å²) in [6.07, 6.45) is 1.68. The second kappa shape index (κ2) is 9.84. The molecule has 3 N–H and O–H groups in total. The molecule has 152 valence electrons. The highest BCUT2D eigenvalue weighted by atomic mass is 16.2. The van der Waals surface area contributed by atoms with E-state index >= 15 is 0 Å². The van der Waals surface area contributed by atoms with Crippen LogP contribution in [0.25, 0.3) is 0 Å². The number of piperidine rings is 1. The Balaban J connectivity index is 1.53. The standard InChI is InChI=1S/C22H26N4O3/c1-23-21(28)16-7-5-11-19(13-16)24-20(27)15-26-12-6-8-17(14-26)22(29)25-18-9-3-2-4-10-18/h2-5,7,9-11,13,17H,6,8,12,14-15H2,1H3,(H,23,28)(H,24,27)(H,25,29). The second-order valence-corrected chi connectivity index (χ2v) is 7.14. The predicted molar refractivity (Wildman–Crippen MR) is 113 cm³/mol. The van der Waals surface area contributed by atoms with Crippen molar-refractivity contribution in [2.45, 2.75) is 12.8 Å². The van der Waals surface area contributed by atoms with Gasteiger partial charge in [0.05, 0.1) is 12.5 Å². The molecule has 0 saturated carbocycles. The highest BCUT2D eigenvalue weighted by Gasteiger charge is 2.27. The van der Waals surface area contributed by atoms with Crippen LogP contribution in [-0.4, -0.2) is 49.3 Å². The number of para-hydroxylation sites is 1. The molecule has 1 unspecified atom stereocenters. The largest absolute Gasteiger partial charge is 0.355 e. The van der Waals surface area contributed by atoms with Gasteiger partial charge in [0, 0.05) is 30.5 Å². The number of likely N-dealkylation sites (tertiary alicyclic amines) is 1. The zero-order valence-electron chi connectivity index (χ0n) is 16.5. The van der Waals surface area contributed by atoms with E-state index in [2.05, 4.69) is 16.0 Å². The smallest absolute Gasteiger partial charge is 0.251 e. The summed E-state index contributed by atoms with van der Waals surface area (Å²) in [6, 6.07) is 16.2. The van der Waals surface area contributed by atoms with Crippen LogP contribution < -0.4 is 16.0 Å². The fourth-order valence-corrected chi connectivity index (χ4v) is 3.47. The molecule has 3 amide bonds. The number of hydrogen-bond acceptors (Lipinski definition) is 4. The van der Waals surface area contributed by atoms with Gasteiger partial charge in [-0.1, -0.05) is 24.3 Å². The Hall–Kier alpha value is -3.19. The normalized spacial score (nSPS) is 16.7. The van der Waals surface area contributed by atoms with E-state index < -0.39 is 0 Å². The van der Waals surface area contributed by atoms with E-state index in [1.165, 1.54) is 0 Å². The van der Waals surface area contributed by atoms with Crippen molar-refractivity contribution in [3.8, 4) is 0 Å². The molecule has 0 bridgehead atoms. The number of carbonyl (C=O) groups excluding carboxylic acids is 3. The highest BCUT2D eigenvalue weighted by molar-refractivity contribution is 5.97. The molecule has 2 aromatic carbocycles. The van der Waals surface area contributed by atoms with E-state index in [1.54, 1.807) is 31.3 Å². The molecule has 1 atom stereocenters. The van der Waals surface area contributed by atoms with Gasteiger partial charge in [0.2, 0.25) is 11.8 Å². The van der Waals surface area contributed by atoms with Crippen LogP contribution in [0.4, 0.5) is 11.4 Å². The first-order valence-electron chi connectivity index (χ1n) is 9.75. The van der Waals surface area contributed by atoms with E-state index in [0.29, 0.717) is 17.8 Å². The predicted octanol–water partition coefficient (Wildman–Crippen LogP) is 2.34. The van der Waals surface area contributed by atoms with Gasteiger partial charge in [0.25, 0.3) is 5.91 Å². The Kier molecular flexibility index (Phi) is 6.97. The average molecular weight is 394 g/mol. The summed E-state index contributed by atoms with van der Waals surface area (Å²) in [7, 11) is 1.56. The van der Waals surface area contributed by atoms with E-state index in [1.807, 2.05) is 35.2 Å². The molecule has 0 radical (unpaired) electrons. The summed E-state index contributed by atoms with van der Waals surface area (Å²) in [4.78, 5) is 38.7. The maximum Gasteiger partial charge on any atom is 0.251 e. The first kappa shape index (κ1) is 20.5. The number of hydrogen-bond donors (Lipinski definition) is 3. The number of benzene rings is 2. The lowest BCUT2D eigenvalue weighted by Crippen LogP contribution is -2.44. The molecule has 0 spiro atoms. The lowest BCUT2D eigenvalue weighted by molar-refractivity contribution is -0.123. The number of anilines is 2. The summed E-state index contributed by atoms with van der Waals surface area (Å²) in [5.74, 6) is -0.527. The number of nitrogens with zero attached hydrogens (tertiary/aromatic N) is 1. The molecule has 3 rings (SSSR count). The molecule has 1 saturated heterocycles. The molecular formula is C22H26N4O3. The minimum absolute atomic E-state index is 0.0143. The van der Waals surface area contributed by atoms with Crippen LogP contribution in [0.1, 0.15) is 23.2 Å². The van der Waals surface area contributed by atoms with E-state index in [4.69, 9.17) is 0 Å². The summed E-state index contributed by atoms with van der Waals surface area (Å²) in [5.41, 5.74) is 1.84. The number of nitrogens with one attached hydrogen (secondary N) is 3. The summed E-state index contributed by atoms with van der Waals surface area (Å²) >= 11 is 0. The fraction of sp³-hybridized carbons (Fsp3) is 0.318. The van der Waals surface area contributed by atoms with Crippen molar-refractivity contribution >= 4 is 29.1 Å². The summed E-state index contributed by atoms with van der Waals surface area (Å²) in [6.45, 7) is 1.53. The maximum absolute atomic E-state index is 12.5. The second-order valence-electron chi connectivity index (χ2n) is 7.14. The molecule has 1 aliphatic rings. The summed E-state index contributed by atoms with van der Waals surface area (Å²) in [5, 5.41) is 8.34. The zero-order chi connectivity index (χ0) is 20.6. The molecule has 7 nitrogen and oxygen atoms in total. The summed E-state index contributed by atoms with van der Waals surface area (Å²) < 4.78 is 0. The van der Waals surface area contributed by atoms with Crippen LogP contribution >= 0.6 is 0 Å². The van der Waals surface area contributed by atoms with Crippen LogP contribution in [0.15, 0.2) is 54.6 Å². The number of amides is 3. The highest BCUT2D eigenvalue weighted by Crippen LogP contribution is 2.19. The van der Waals surface area contributed by atoms with Gasteiger partial charge < -0.3 is 16.0 Å². The van der Waals surface area contributed by atoms with Crippen molar-refractivity contribution in [2.24, 2.45) is 5.92 Å². The van der Waals surface area contributed by atoms with Crippen molar-refractivity contribution in [1.29, 1.82) is 0 Å². The van der Waals surface area contributed by atoms with Crippen LogP contribution in [0.3, 0.4) is 0 Å². The fourth-order valence-electron chi connectivity index (χ4n) is 3.47. The molecule has 2 aromatic rings. The van der Waals surface area contributed by atoms with E-state index in [9.17, 15) is 14.4 Å². The number of rotatable bonds is 6. The minimum atomic E-state index is -0.204. The van der Waals surface area contributed by atoms with Crippen LogP contribution in [-0.2, 0) is 9.59 Å². The molecule has 1 aliphatic heterocycles. The molecule has 0 aromatic heterocycles. The molecule has 29 heavy (non-hydrogen) atoms. The third-order valence-electron chi connectivity index (χ3n) is 4.92. The average Bonchev–Trinajstić information content (AvgIpc) is 2.74. The molecule has 0 aliphatic carbocycles.